The summed E-state index contributed by atoms with van der Waals surface area (Å²) in [6.07, 6.45) is 4.01. The molecule has 1 rings (SSSR count). The van der Waals surface area contributed by atoms with Crippen molar-refractivity contribution in [1.82, 2.24) is 4.98 Å². The molecule has 0 aromatic carbocycles. The molecule has 0 radical (unpaired) electrons. The number of hydrogen-bond acceptors (Lipinski definition) is 3. The summed E-state index contributed by atoms with van der Waals surface area (Å²) in [5.74, 6) is 0. The number of aromatic nitrogens is 1. The van der Waals surface area contributed by atoms with Gasteiger partial charge >= 0.3 is 0 Å². The summed E-state index contributed by atoms with van der Waals surface area (Å²) < 4.78 is 0. The van der Waals surface area contributed by atoms with Crippen molar-refractivity contribution in [2.75, 3.05) is 0 Å². The standard InChI is InChI=1S/C13H22N2S/c1-4-10(3)16-13(11(14)5-2)12-8-6-7-9-15-12/h6-11,13H,4-5,14H2,1-3H3. The van der Waals surface area contributed by atoms with Crippen LogP contribution in [-0.4, -0.2) is 16.3 Å². The first kappa shape index (κ1) is 13.5. The molecule has 0 aliphatic rings. The molecule has 3 heteroatoms. The van der Waals surface area contributed by atoms with Crippen molar-refractivity contribution in [3.05, 3.63) is 30.1 Å². The molecule has 3 atom stereocenters. The third kappa shape index (κ3) is 3.80. The highest BCUT2D eigenvalue weighted by atomic mass is 32.2. The molecule has 2 N–H and O–H groups in total. The van der Waals surface area contributed by atoms with E-state index in [2.05, 4.69) is 31.8 Å². The zero-order chi connectivity index (χ0) is 12.0. The minimum Gasteiger partial charge on any atom is -0.326 e. The molecular formula is C13H22N2S. The van der Waals surface area contributed by atoms with E-state index in [0.29, 0.717) is 10.5 Å². The van der Waals surface area contributed by atoms with E-state index in [-0.39, 0.29) is 6.04 Å². The Morgan fingerprint density at radius 1 is 1.31 bits per heavy atom. The summed E-state index contributed by atoms with van der Waals surface area (Å²) in [5, 5.41) is 0.950. The van der Waals surface area contributed by atoms with Crippen LogP contribution < -0.4 is 5.73 Å². The zero-order valence-electron chi connectivity index (χ0n) is 10.4. The zero-order valence-corrected chi connectivity index (χ0v) is 11.2. The molecule has 0 amide bonds. The molecule has 0 saturated heterocycles. The Morgan fingerprint density at radius 2 is 2.06 bits per heavy atom. The molecule has 0 fully saturated rings. The van der Waals surface area contributed by atoms with Crippen LogP contribution in [0.1, 0.15) is 44.6 Å². The maximum absolute atomic E-state index is 6.19. The highest BCUT2D eigenvalue weighted by Crippen LogP contribution is 2.35. The number of nitrogens with zero attached hydrogens (tertiary/aromatic N) is 1. The molecule has 2 nitrogen and oxygen atoms in total. The van der Waals surface area contributed by atoms with Crippen molar-refractivity contribution in [2.24, 2.45) is 5.73 Å². The molecule has 0 saturated carbocycles. The summed E-state index contributed by atoms with van der Waals surface area (Å²) in [5.41, 5.74) is 7.30. The number of hydrogen-bond donors (Lipinski definition) is 1. The predicted octanol–water partition coefficient (Wildman–Crippen LogP) is 3.39. The fourth-order valence-electron chi connectivity index (χ4n) is 1.49. The van der Waals surface area contributed by atoms with Crippen LogP contribution in [0.5, 0.6) is 0 Å². The summed E-state index contributed by atoms with van der Waals surface area (Å²) in [6, 6.07) is 6.25. The van der Waals surface area contributed by atoms with E-state index < -0.39 is 0 Å². The predicted molar refractivity (Wildman–Crippen MR) is 72.6 cm³/mol. The van der Waals surface area contributed by atoms with E-state index >= 15 is 0 Å². The quantitative estimate of drug-likeness (QED) is 0.825. The van der Waals surface area contributed by atoms with Crippen LogP contribution in [0.4, 0.5) is 0 Å². The van der Waals surface area contributed by atoms with Crippen LogP contribution in [0.25, 0.3) is 0 Å². The lowest BCUT2D eigenvalue weighted by Gasteiger charge is -2.24. The van der Waals surface area contributed by atoms with E-state index in [9.17, 15) is 0 Å². The lowest BCUT2D eigenvalue weighted by atomic mass is 10.1. The number of nitrogens with two attached hydrogens (primary N) is 1. The van der Waals surface area contributed by atoms with Gasteiger partial charge in [0.2, 0.25) is 0 Å². The largest absolute Gasteiger partial charge is 0.326 e. The van der Waals surface area contributed by atoms with E-state index in [0.717, 1.165) is 12.1 Å². The van der Waals surface area contributed by atoms with Gasteiger partial charge in [0.25, 0.3) is 0 Å². The Hall–Kier alpha value is -0.540. The summed E-state index contributed by atoms with van der Waals surface area (Å²) in [6.45, 7) is 6.60. The van der Waals surface area contributed by atoms with Crippen molar-refractivity contribution in [2.45, 2.75) is 50.2 Å². The van der Waals surface area contributed by atoms with Gasteiger partial charge in [0.1, 0.15) is 0 Å². The van der Waals surface area contributed by atoms with Gasteiger partial charge in [-0.3, -0.25) is 4.98 Å². The van der Waals surface area contributed by atoms with E-state index in [1.807, 2.05) is 30.1 Å². The average molecular weight is 238 g/mol. The Kier molecular flexibility index (Phi) is 5.85. The van der Waals surface area contributed by atoms with Crippen molar-refractivity contribution in [3.63, 3.8) is 0 Å². The SMILES string of the molecule is CCC(C)SC(c1ccccn1)C(N)CC. The Balaban J connectivity index is 2.79. The monoisotopic (exact) mass is 238 g/mol. The summed E-state index contributed by atoms with van der Waals surface area (Å²) in [4.78, 5) is 4.43. The van der Waals surface area contributed by atoms with Crippen molar-refractivity contribution in [1.29, 1.82) is 0 Å². The second-order valence-electron chi connectivity index (χ2n) is 4.10. The first-order valence-corrected chi connectivity index (χ1v) is 6.95. The van der Waals surface area contributed by atoms with E-state index in [1.54, 1.807) is 0 Å². The van der Waals surface area contributed by atoms with E-state index in [1.165, 1.54) is 6.42 Å². The normalized spacial score (nSPS) is 16.8. The number of thioether (sulfide) groups is 1. The van der Waals surface area contributed by atoms with Gasteiger partial charge in [-0.25, -0.2) is 0 Å². The lowest BCUT2D eigenvalue weighted by molar-refractivity contribution is 0.621. The van der Waals surface area contributed by atoms with Gasteiger partial charge in [0, 0.05) is 17.5 Å². The molecule has 1 aromatic heterocycles. The molecule has 90 valence electrons. The summed E-state index contributed by atoms with van der Waals surface area (Å²) >= 11 is 1.94. The van der Waals surface area contributed by atoms with Crippen LogP contribution in [-0.2, 0) is 0 Å². The summed E-state index contributed by atoms with van der Waals surface area (Å²) in [7, 11) is 0. The van der Waals surface area contributed by atoms with Crippen LogP contribution in [0.3, 0.4) is 0 Å². The number of pyridine rings is 1. The molecular weight excluding hydrogens is 216 g/mol. The van der Waals surface area contributed by atoms with Crippen molar-refractivity contribution in [3.8, 4) is 0 Å². The minimum atomic E-state index is 0.189. The Bertz CT molecular complexity index is 289. The molecule has 1 heterocycles. The van der Waals surface area contributed by atoms with Gasteiger partial charge in [0.05, 0.1) is 10.9 Å². The first-order chi connectivity index (χ1) is 7.69. The fraction of sp³-hybridized carbons (Fsp3) is 0.615. The highest BCUT2D eigenvalue weighted by molar-refractivity contribution is 8.00. The third-order valence-electron chi connectivity index (χ3n) is 2.79. The second kappa shape index (κ2) is 6.92. The van der Waals surface area contributed by atoms with Gasteiger partial charge in [0.15, 0.2) is 0 Å². The highest BCUT2D eigenvalue weighted by Gasteiger charge is 2.21. The lowest BCUT2D eigenvalue weighted by Crippen LogP contribution is -2.27. The van der Waals surface area contributed by atoms with Crippen LogP contribution in [0, 0.1) is 0 Å². The van der Waals surface area contributed by atoms with Crippen LogP contribution in [0.2, 0.25) is 0 Å². The first-order valence-electron chi connectivity index (χ1n) is 6.01. The second-order valence-corrected chi connectivity index (χ2v) is 5.69. The molecule has 3 unspecified atom stereocenters. The van der Waals surface area contributed by atoms with Gasteiger partial charge < -0.3 is 5.73 Å². The maximum Gasteiger partial charge on any atom is 0.0623 e. The van der Waals surface area contributed by atoms with Gasteiger partial charge in [-0.05, 0) is 25.0 Å². The molecule has 0 aliphatic carbocycles. The Morgan fingerprint density at radius 3 is 2.56 bits per heavy atom. The van der Waals surface area contributed by atoms with Gasteiger partial charge in [-0.1, -0.05) is 26.8 Å². The van der Waals surface area contributed by atoms with Gasteiger partial charge in [-0.2, -0.15) is 0 Å². The molecule has 1 aromatic rings. The molecule has 0 spiro atoms. The smallest absolute Gasteiger partial charge is 0.0623 e. The molecule has 0 aliphatic heterocycles. The van der Waals surface area contributed by atoms with Crippen LogP contribution in [0.15, 0.2) is 24.4 Å². The number of rotatable bonds is 6. The third-order valence-corrected chi connectivity index (χ3v) is 4.48. The maximum atomic E-state index is 6.19. The van der Waals surface area contributed by atoms with Crippen LogP contribution >= 0.6 is 11.8 Å². The molecule has 16 heavy (non-hydrogen) atoms. The van der Waals surface area contributed by atoms with E-state index in [4.69, 9.17) is 5.73 Å². The molecule has 0 bridgehead atoms. The van der Waals surface area contributed by atoms with Gasteiger partial charge in [-0.15, -0.1) is 11.8 Å². The minimum absolute atomic E-state index is 0.189. The average Bonchev–Trinajstić information content (AvgIpc) is 2.35. The van der Waals surface area contributed by atoms with Crippen molar-refractivity contribution < 1.29 is 0 Å². The fourth-order valence-corrected chi connectivity index (χ4v) is 2.86. The topological polar surface area (TPSA) is 38.9 Å². The van der Waals surface area contributed by atoms with Crippen molar-refractivity contribution >= 4 is 11.8 Å². The Labute approximate surface area is 103 Å².